The minimum absolute atomic E-state index is 0.859. The van der Waals surface area contributed by atoms with E-state index >= 15 is 0 Å². The summed E-state index contributed by atoms with van der Waals surface area (Å²) >= 11 is 0. The lowest BCUT2D eigenvalue weighted by molar-refractivity contribution is 0.903. The highest BCUT2D eigenvalue weighted by molar-refractivity contribution is 6.08. The number of nitrogens with one attached hydrogen (secondary N) is 1. The Morgan fingerprint density at radius 3 is 2.58 bits per heavy atom. The molecule has 0 saturated heterocycles. The monoisotopic (exact) mass is 160 g/mol. The van der Waals surface area contributed by atoms with Crippen LogP contribution in [0.5, 0.6) is 0 Å². The van der Waals surface area contributed by atoms with Gasteiger partial charge in [0, 0.05) is 12.6 Å². The van der Waals surface area contributed by atoms with Crippen molar-refractivity contribution in [2.75, 3.05) is 7.05 Å². The van der Waals surface area contributed by atoms with E-state index in [9.17, 15) is 0 Å². The first-order chi connectivity index (χ1) is 5.88. The van der Waals surface area contributed by atoms with Crippen LogP contribution < -0.4 is 5.43 Å². The summed E-state index contributed by atoms with van der Waals surface area (Å²) in [7, 11) is 1.77. The van der Waals surface area contributed by atoms with Gasteiger partial charge in [-0.1, -0.05) is 36.9 Å². The molecule has 1 aromatic rings. The van der Waals surface area contributed by atoms with Crippen LogP contribution in [-0.4, -0.2) is 12.8 Å². The molecule has 0 atom stereocenters. The molecule has 0 aliphatic carbocycles. The highest BCUT2D eigenvalue weighted by Gasteiger charge is 1.95. The highest BCUT2D eigenvalue weighted by atomic mass is 15.3. The lowest BCUT2D eigenvalue weighted by atomic mass is 10.1. The predicted molar refractivity (Wildman–Crippen MR) is 52.2 cm³/mol. The van der Waals surface area contributed by atoms with Gasteiger partial charge in [0.15, 0.2) is 0 Å². The van der Waals surface area contributed by atoms with Gasteiger partial charge in [-0.05, 0) is 6.08 Å². The molecule has 0 spiro atoms. The molecule has 12 heavy (non-hydrogen) atoms. The van der Waals surface area contributed by atoms with E-state index in [0.29, 0.717) is 0 Å². The summed E-state index contributed by atoms with van der Waals surface area (Å²) in [5, 5.41) is 4.06. The SMILES string of the molecule is C=C/C(=N\NC)c1ccccc1. The Hall–Kier alpha value is -1.57. The van der Waals surface area contributed by atoms with Gasteiger partial charge in [-0.15, -0.1) is 0 Å². The molecular formula is C10H12N2. The zero-order chi connectivity index (χ0) is 8.81. The average Bonchev–Trinajstić information content (AvgIpc) is 2.15. The van der Waals surface area contributed by atoms with Crippen LogP contribution in [0.3, 0.4) is 0 Å². The smallest absolute Gasteiger partial charge is 0.0895 e. The Balaban J connectivity index is 2.96. The number of rotatable bonds is 3. The van der Waals surface area contributed by atoms with Crippen molar-refractivity contribution >= 4 is 5.71 Å². The normalized spacial score (nSPS) is 10.9. The molecule has 0 saturated carbocycles. The van der Waals surface area contributed by atoms with Gasteiger partial charge in [-0.25, -0.2) is 0 Å². The van der Waals surface area contributed by atoms with Crippen LogP contribution in [0, 0.1) is 0 Å². The van der Waals surface area contributed by atoms with E-state index in [1.807, 2.05) is 30.3 Å². The zero-order valence-electron chi connectivity index (χ0n) is 7.12. The first kappa shape index (κ1) is 8.53. The van der Waals surface area contributed by atoms with Gasteiger partial charge in [0.05, 0.1) is 5.71 Å². The summed E-state index contributed by atoms with van der Waals surface area (Å²) in [6.07, 6.45) is 1.73. The molecule has 0 unspecified atom stereocenters. The van der Waals surface area contributed by atoms with Crippen molar-refractivity contribution in [3.8, 4) is 0 Å². The molecule has 1 N–H and O–H groups in total. The topological polar surface area (TPSA) is 24.4 Å². The molecule has 0 fully saturated rings. The maximum atomic E-state index is 4.06. The summed E-state index contributed by atoms with van der Waals surface area (Å²) in [5.74, 6) is 0. The number of hydrogen-bond acceptors (Lipinski definition) is 2. The summed E-state index contributed by atoms with van der Waals surface area (Å²) in [6, 6.07) is 9.92. The van der Waals surface area contributed by atoms with Crippen molar-refractivity contribution in [3.63, 3.8) is 0 Å². The lowest BCUT2D eigenvalue weighted by Gasteiger charge is -1.99. The maximum Gasteiger partial charge on any atom is 0.0895 e. The fourth-order valence-corrected chi connectivity index (χ4v) is 0.957. The zero-order valence-corrected chi connectivity index (χ0v) is 7.12. The van der Waals surface area contributed by atoms with Gasteiger partial charge in [0.1, 0.15) is 0 Å². The highest BCUT2D eigenvalue weighted by Crippen LogP contribution is 2.00. The van der Waals surface area contributed by atoms with Crippen molar-refractivity contribution in [3.05, 3.63) is 48.6 Å². The van der Waals surface area contributed by atoms with Crippen LogP contribution in [0.15, 0.2) is 48.1 Å². The first-order valence-electron chi connectivity index (χ1n) is 3.80. The van der Waals surface area contributed by atoms with Crippen molar-refractivity contribution < 1.29 is 0 Å². The molecule has 0 aliphatic heterocycles. The van der Waals surface area contributed by atoms with Crippen LogP contribution in [0.4, 0.5) is 0 Å². The Labute approximate surface area is 72.6 Å². The standard InChI is InChI=1S/C10H12N2/c1-3-10(12-11-2)9-7-5-4-6-8-9/h3-8,11H,1H2,2H3/b12-10+. The fraction of sp³-hybridized carbons (Fsp3) is 0.100. The molecule has 1 aromatic carbocycles. The summed E-state index contributed by atoms with van der Waals surface area (Å²) < 4.78 is 0. The number of benzene rings is 1. The van der Waals surface area contributed by atoms with E-state index in [1.54, 1.807) is 13.1 Å². The second-order valence-electron chi connectivity index (χ2n) is 2.29. The minimum Gasteiger partial charge on any atom is -0.313 e. The van der Waals surface area contributed by atoms with Crippen molar-refractivity contribution in [1.29, 1.82) is 0 Å². The van der Waals surface area contributed by atoms with Crippen LogP contribution >= 0.6 is 0 Å². The molecule has 62 valence electrons. The molecule has 0 aliphatic rings. The third-order valence-corrected chi connectivity index (χ3v) is 1.50. The van der Waals surface area contributed by atoms with Gasteiger partial charge in [-0.3, -0.25) is 0 Å². The summed E-state index contributed by atoms with van der Waals surface area (Å²) in [5.41, 5.74) is 4.66. The average molecular weight is 160 g/mol. The molecule has 1 rings (SSSR count). The van der Waals surface area contributed by atoms with Crippen LogP contribution in [0.2, 0.25) is 0 Å². The third-order valence-electron chi connectivity index (χ3n) is 1.50. The first-order valence-corrected chi connectivity index (χ1v) is 3.80. The second kappa shape index (κ2) is 4.34. The summed E-state index contributed by atoms with van der Waals surface area (Å²) in [4.78, 5) is 0. The number of allylic oxidation sites excluding steroid dienone is 1. The lowest BCUT2D eigenvalue weighted by Crippen LogP contribution is -2.03. The Morgan fingerprint density at radius 1 is 1.42 bits per heavy atom. The van der Waals surface area contributed by atoms with E-state index in [4.69, 9.17) is 0 Å². The largest absolute Gasteiger partial charge is 0.313 e. The van der Waals surface area contributed by atoms with Gasteiger partial charge in [0.2, 0.25) is 0 Å². The molecule has 0 radical (unpaired) electrons. The summed E-state index contributed by atoms with van der Waals surface area (Å²) in [6.45, 7) is 3.69. The van der Waals surface area contributed by atoms with Crippen LogP contribution in [0.25, 0.3) is 0 Å². The Morgan fingerprint density at radius 2 is 2.08 bits per heavy atom. The molecule has 2 heteroatoms. The van der Waals surface area contributed by atoms with E-state index < -0.39 is 0 Å². The molecule has 0 bridgehead atoms. The van der Waals surface area contributed by atoms with E-state index in [2.05, 4.69) is 17.1 Å². The molecule has 0 aromatic heterocycles. The third kappa shape index (κ3) is 1.95. The number of hydrazone groups is 1. The van der Waals surface area contributed by atoms with Gasteiger partial charge in [-0.2, -0.15) is 5.10 Å². The fourth-order valence-electron chi connectivity index (χ4n) is 0.957. The quantitative estimate of drug-likeness (QED) is 0.529. The molecule has 2 nitrogen and oxygen atoms in total. The van der Waals surface area contributed by atoms with Gasteiger partial charge >= 0.3 is 0 Å². The molecule has 0 heterocycles. The van der Waals surface area contributed by atoms with Crippen molar-refractivity contribution in [2.24, 2.45) is 5.10 Å². The number of hydrogen-bond donors (Lipinski definition) is 1. The molecular weight excluding hydrogens is 148 g/mol. The van der Waals surface area contributed by atoms with Gasteiger partial charge < -0.3 is 5.43 Å². The maximum absolute atomic E-state index is 4.06. The number of nitrogens with zero attached hydrogens (tertiary/aromatic N) is 1. The Kier molecular flexibility index (Phi) is 3.08. The molecule has 0 amide bonds. The van der Waals surface area contributed by atoms with Crippen molar-refractivity contribution in [2.45, 2.75) is 0 Å². The van der Waals surface area contributed by atoms with Gasteiger partial charge in [0.25, 0.3) is 0 Å². The predicted octanol–water partition coefficient (Wildman–Crippen LogP) is 1.80. The van der Waals surface area contributed by atoms with Crippen LogP contribution in [0.1, 0.15) is 5.56 Å². The minimum atomic E-state index is 0.859. The van der Waals surface area contributed by atoms with E-state index in [-0.39, 0.29) is 0 Å². The van der Waals surface area contributed by atoms with Crippen molar-refractivity contribution in [1.82, 2.24) is 5.43 Å². The van der Waals surface area contributed by atoms with E-state index in [0.717, 1.165) is 11.3 Å². The van der Waals surface area contributed by atoms with Crippen LogP contribution in [-0.2, 0) is 0 Å². The van der Waals surface area contributed by atoms with E-state index in [1.165, 1.54) is 0 Å². The Bertz CT molecular complexity index is 275. The second-order valence-corrected chi connectivity index (χ2v) is 2.29.